The Bertz CT molecular complexity index is 567. The van der Waals surface area contributed by atoms with Crippen LogP contribution in [0.3, 0.4) is 0 Å². The fourth-order valence-corrected chi connectivity index (χ4v) is 3.11. The van der Waals surface area contributed by atoms with Gasteiger partial charge in [-0.1, -0.05) is 0 Å². The summed E-state index contributed by atoms with van der Waals surface area (Å²) in [4.78, 5) is 0. The molecule has 1 N–H and O–H groups in total. The largest absolute Gasteiger partial charge is 0.495 e. The van der Waals surface area contributed by atoms with Crippen LogP contribution in [-0.2, 0) is 13.1 Å². The number of anilines is 1. The van der Waals surface area contributed by atoms with Crippen molar-refractivity contribution in [3.05, 3.63) is 45.1 Å². The maximum absolute atomic E-state index is 5.30. The molecule has 1 aromatic carbocycles. The first-order valence-corrected chi connectivity index (χ1v) is 7.64. The van der Waals surface area contributed by atoms with Crippen molar-refractivity contribution in [2.24, 2.45) is 0 Å². The van der Waals surface area contributed by atoms with Crippen molar-refractivity contribution in [1.82, 2.24) is 4.57 Å². The van der Waals surface area contributed by atoms with Crippen LogP contribution in [0, 0.1) is 0 Å². The molecule has 1 heterocycles. The molecule has 5 heteroatoms. The van der Waals surface area contributed by atoms with Crippen LogP contribution in [0.2, 0.25) is 0 Å². The number of halogens is 2. The van der Waals surface area contributed by atoms with Crippen molar-refractivity contribution in [1.29, 1.82) is 0 Å². The van der Waals surface area contributed by atoms with E-state index >= 15 is 0 Å². The van der Waals surface area contributed by atoms with E-state index in [1.165, 1.54) is 5.56 Å². The molecule has 0 fully saturated rings. The molecule has 1 aromatic heterocycles. The van der Waals surface area contributed by atoms with Gasteiger partial charge in [-0.2, -0.15) is 0 Å². The lowest BCUT2D eigenvalue weighted by molar-refractivity contribution is 0.412. The predicted octanol–water partition coefficient (Wildman–Crippen LogP) is 4.65. The number of aromatic nitrogens is 1. The maximum atomic E-state index is 5.30. The lowest BCUT2D eigenvalue weighted by Crippen LogP contribution is -2.00. The Morgan fingerprint density at radius 2 is 2.05 bits per heavy atom. The molecule has 0 saturated heterocycles. The number of methoxy groups -OCH3 is 1. The first-order chi connectivity index (χ1) is 9.13. The summed E-state index contributed by atoms with van der Waals surface area (Å²) in [6.07, 6.45) is 4.24. The third-order valence-corrected chi connectivity index (χ3v) is 4.18. The van der Waals surface area contributed by atoms with Gasteiger partial charge in [-0.05, 0) is 56.5 Å². The van der Waals surface area contributed by atoms with Crippen molar-refractivity contribution >= 4 is 37.5 Å². The van der Waals surface area contributed by atoms with Gasteiger partial charge in [0.2, 0.25) is 0 Å². The normalized spacial score (nSPS) is 10.5. The van der Waals surface area contributed by atoms with Crippen LogP contribution >= 0.6 is 31.9 Å². The Balaban J connectivity index is 2.10. The number of hydrogen-bond donors (Lipinski definition) is 1. The second-order valence-corrected chi connectivity index (χ2v) is 5.88. The van der Waals surface area contributed by atoms with E-state index in [0.717, 1.165) is 33.5 Å². The maximum Gasteiger partial charge on any atom is 0.135 e. The summed E-state index contributed by atoms with van der Waals surface area (Å²) in [5.74, 6) is 0.817. The average molecular weight is 388 g/mol. The summed E-state index contributed by atoms with van der Waals surface area (Å²) in [6, 6.07) is 6.09. The second-order valence-electron chi connectivity index (χ2n) is 4.17. The van der Waals surface area contributed by atoms with Gasteiger partial charge >= 0.3 is 0 Å². The van der Waals surface area contributed by atoms with Gasteiger partial charge in [-0.25, -0.2) is 0 Å². The van der Waals surface area contributed by atoms with Crippen LogP contribution in [-0.4, -0.2) is 11.7 Å². The molecule has 0 unspecified atom stereocenters. The molecule has 102 valence electrons. The van der Waals surface area contributed by atoms with Gasteiger partial charge in [0.1, 0.15) is 5.75 Å². The first kappa shape index (κ1) is 14.5. The van der Waals surface area contributed by atoms with Gasteiger partial charge < -0.3 is 14.6 Å². The molecule has 0 atom stereocenters. The summed E-state index contributed by atoms with van der Waals surface area (Å²) < 4.78 is 9.41. The Morgan fingerprint density at radius 3 is 2.68 bits per heavy atom. The second kappa shape index (κ2) is 6.48. The van der Waals surface area contributed by atoms with E-state index in [9.17, 15) is 0 Å². The topological polar surface area (TPSA) is 26.2 Å². The molecule has 0 aliphatic rings. The van der Waals surface area contributed by atoms with Crippen LogP contribution in [0.5, 0.6) is 5.75 Å². The summed E-state index contributed by atoms with van der Waals surface area (Å²) in [6.45, 7) is 3.92. The Kier molecular flexibility index (Phi) is 4.93. The molecule has 2 aromatic rings. The van der Waals surface area contributed by atoms with Gasteiger partial charge in [-0.15, -0.1) is 0 Å². The number of hydrogen-bond acceptors (Lipinski definition) is 2. The minimum Gasteiger partial charge on any atom is -0.495 e. The molecule has 0 spiro atoms. The quantitative estimate of drug-likeness (QED) is 0.807. The van der Waals surface area contributed by atoms with E-state index in [1.54, 1.807) is 7.11 Å². The zero-order chi connectivity index (χ0) is 13.8. The Labute approximate surface area is 130 Å². The molecule has 0 saturated carbocycles. The zero-order valence-electron chi connectivity index (χ0n) is 10.9. The summed E-state index contributed by atoms with van der Waals surface area (Å²) in [5.41, 5.74) is 2.28. The highest BCUT2D eigenvalue weighted by atomic mass is 79.9. The van der Waals surface area contributed by atoms with Crippen molar-refractivity contribution < 1.29 is 4.74 Å². The number of nitrogens with one attached hydrogen (secondary N) is 1. The fourth-order valence-electron chi connectivity index (χ4n) is 1.81. The predicted molar refractivity (Wildman–Crippen MR) is 85.8 cm³/mol. The van der Waals surface area contributed by atoms with Gasteiger partial charge in [-0.3, -0.25) is 0 Å². The minimum absolute atomic E-state index is 0.788. The molecule has 0 radical (unpaired) electrons. The molecule has 0 aliphatic heterocycles. The number of rotatable bonds is 5. The lowest BCUT2D eigenvalue weighted by atomic mass is 10.2. The Hall–Kier alpha value is -0.940. The van der Waals surface area contributed by atoms with E-state index in [0.29, 0.717) is 0 Å². The van der Waals surface area contributed by atoms with Gasteiger partial charge in [0.15, 0.2) is 0 Å². The molecule has 0 amide bonds. The van der Waals surface area contributed by atoms with Crippen LogP contribution in [0.15, 0.2) is 39.5 Å². The first-order valence-electron chi connectivity index (χ1n) is 6.05. The standard InChI is InChI=1S/C14H16Br2N2O/c1-3-18-5-4-10(9-18)8-17-13-7-14(19-2)12(16)6-11(13)15/h4-7,9,17H,3,8H2,1-2H3. The van der Waals surface area contributed by atoms with Crippen molar-refractivity contribution in [2.75, 3.05) is 12.4 Å². The molecule has 19 heavy (non-hydrogen) atoms. The SMILES string of the molecule is CCn1ccc(CNc2cc(OC)c(Br)cc2Br)c1. The van der Waals surface area contributed by atoms with Gasteiger partial charge in [0.05, 0.1) is 17.3 Å². The third-order valence-electron chi connectivity index (χ3n) is 2.90. The van der Waals surface area contributed by atoms with Crippen LogP contribution in [0.4, 0.5) is 5.69 Å². The number of nitrogens with zero attached hydrogens (tertiary/aromatic N) is 1. The van der Waals surface area contributed by atoms with Crippen molar-refractivity contribution in [2.45, 2.75) is 20.0 Å². The number of benzene rings is 1. The zero-order valence-corrected chi connectivity index (χ0v) is 14.1. The number of ether oxygens (including phenoxy) is 1. The fraction of sp³-hybridized carbons (Fsp3) is 0.286. The monoisotopic (exact) mass is 386 g/mol. The highest BCUT2D eigenvalue weighted by molar-refractivity contribution is 9.11. The molecular formula is C14H16Br2N2O. The number of aryl methyl sites for hydroxylation is 1. The minimum atomic E-state index is 0.788. The summed E-state index contributed by atoms with van der Waals surface area (Å²) in [5, 5.41) is 3.41. The van der Waals surface area contributed by atoms with Crippen molar-refractivity contribution in [3.63, 3.8) is 0 Å². The molecular weight excluding hydrogens is 372 g/mol. The summed E-state index contributed by atoms with van der Waals surface area (Å²) in [7, 11) is 1.67. The van der Waals surface area contributed by atoms with E-state index in [2.05, 4.69) is 67.1 Å². The highest BCUT2D eigenvalue weighted by Crippen LogP contribution is 2.34. The molecule has 0 bridgehead atoms. The molecule has 2 rings (SSSR count). The van der Waals surface area contributed by atoms with E-state index in [1.807, 2.05) is 12.1 Å². The van der Waals surface area contributed by atoms with E-state index < -0.39 is 0 Å². The van der Waals surface area contributed by atoms with E-state index in [4.69, 9.17) is 4.74 Å². The van der Waals surface area contributed by atoms with Gasteiger partial charge in [0.25, 0.3) is 0 Å². The van der Waals surface area contributed by atoms with Gasteiger partial charge in [0, 0.05) is 36.0 Å². The third kappa shape index (κ3) is 3.54. The van der Waals surface area contributed by atoms with Crippen LogP contribution in [0.1, 0.15) is 12.5 Å². The van der Waals surface area contributed by atoms with Crippen LogP contribution < -0.4 is 10.1 Å². The highest BCUT2D eigenvalue weighted by Gasteiger charge is 2.07. The Morgan fingerprint density at radius 1 is 1.26 bits per heavy atom. The van der Waals surface area contributed by atoms with Crippen LogP contribution in [0.25, 0.3) is 0 Å². The lowest BCUT2D eigenvalue weighted by Gasteiger charge is -2.11. The average Bonchev–Trinajstić information content (AvgIpc) is 2.86. The molecule has 3 nitrogen and oxygen atoms in total. The van der Waals surface area contributed by atoms with E-state index in [-0.39, 0.29) is 0 Å². The molecule has 0 aliphatic carbocycles. The smallest absolute Gasteiger partial charge is 0.135 e. The summed E-state index contributed by atoms with van der Waals surface area (Å²) >= 11 is 7.01. The van der Waals surface area contributed by atoms with Crippen molar-refractivity contribution in [3.8, 4) is 5.75 Å².